The number of thiocarbonyl (C=S) groups is 1. The van der Waals surface area contributed by atoms with Crippen molar-refractivity contribution in [3.8, 4) is 0 Å². The predicted molar refractivity (Wildman–Crippen MR) is 46.8 cm³/mol. The Hall–Kier alpha value is -1.23. The highest BCUT2D eigenvalue weighted by Gasteiger charge is 1.99. The van der Waals surface area contributed by atoms with Gasteiger partial charge >= 0.3 is 0 Å². The SMILES string of the molecule is NC(=S)Nc1cc(F)cc(F)c1. The number of nitrogens with one attached hydrogen (secondary N) is 1. The molecule has 0 saturated carbocycles. The van der Waals surface area contributed by atoms with Gasteiger partial charge in [-0.25, -0.2) is 8.78 Å². The molecule has 0 aliphatic carbocycles. The quantitative estimate of drug-likeness (QED) is 0.658. The third-order valence-electron chi connectivity index (χ3n) is 1.13. The molecule has 5 heteroatoms. The molecule has 0 radical (unpaired) electrons. The Labute approximate surface area is 73.4 Å². The van der Waals surface area contributed by atoms with Crippen molar-refractivity contribution < 1.29 is 8.78 Å². The van der Waals surface area contributed by atoms with Gasteiger partial charge in [0.2, 0.25) is 0 Å². The first-order valence-electron chi connectivity index (χ1n) is 3.10. The summed E-state index contributed by atoms with van der Waals surface area (Å²) in [6.45, 7) is 0. The molecule has 0 saturated heterocycles. The Morgan fingerprint density at radius 3 is 2.17 bits per heavy atom. The van der Waals surface area contributed by atoms with E-state index in [1.807, 2.05) is 0 Å². The number of hydrogen-bond donors (Lipinski definition) is 2. The molecule has 0 aliphatic heterocycles. The third-order valence-corrected chi connectivity index (χ3v) is 1.23. The molecule has 0 fully saturated rings. The summed E-state index contributed by atoms with van der Waals surface area (Å²) in [7, 11) is 0. The Bertz CT molecular complexity index is 294. The van der Waals surface area contributed by atoms with Crippen LogP contribution in [0.4, 0.5) is 14.5 Å². The van der Waals surface area contributed by atoms with E-state index in [-0.39, 0.29) is 10.8 Å². The first-order valence-corrected chi connectivity index (χ1v) is 3.51. The number of nitrogens with two attached hydrogens (primary N) is 1. The van der Waals surface area contributed by atoms with E-state index >= 15 is 0 Å². The molecule has 0 aromatic heterocycles. The highest BCUT2D eigenvalue weighted by atomic mass is 32.1. The van der Waals surface area contributed by atoms with Crippen LogP contribution in [0, 0.1) is 11.6 Å². The molecule has 0 unspecified atom stereocenters. The van der Waals surface area contributed by atoms with Crippen molar-refractivity contribution in [2.75, 3.05) is 5.32 Å². The van der Waals surface area contributed by atoms with Gasteiger partial charge in [-0.2, -0.15) is 0 Å². The van der Waals surface area contributed by atoms with Crippen LogP contribution in [0.5, 0.6) is 0 Å². The molecule has 0 aliphatic rings. The molecule has 0 heterocycles. The molecule has 12 heavy (non-hydrogen) atoms. The first-order chi connectivity index (χ1) is 5.58. The third kappa shape index (κ3) is 2.43. The van der Waals surface area contributed by atoms with Crippen LogP contribution in [0.1, 0.15) is 0 Å². The summed E-state index contributed by atoms with van der Waals surface area (Å²) < 4.78 is 25.0. The first kappa shape index (κ1) is 8.86. The van der Waals surface area contributed by atoms with Gasteiger partial charge in [-0.1, -0.05) is 0 Å². The molecule has 0 atom stereocenters. The van der Waals surface area contributed by atoms with Gasteiger partial charge in [-0.15, -0.1) is 0 Å². The molecule has 1 rings (SSSR count). The second-order valence-electron chi connectivity index (χ2n) is 2.15. The van der Waals surface area contributed by atoms with Crippen LogP contribution < -0.4 is 11.1 Å². The lowest BCUT2D eigenvalue weighted by atomic mass is 10.3. The summed E-state index contributed by atoms with van der Waals surface area (Å²) in [5.74, 6) is -1.34. The van der Waals surface area contributed by atoms with Crippen LogP contribution in [0.25, 0.3) is 0 Å². The minimum Gasteiger partial charge on any atom is -0.376 e. The lowest BCUT2D eigenvalue weighted by Gasteiger charge is -2.02. The second-order valence-corrected chi connectivity index (χ2v) is 2.59. The minimum atomic E-state index is -0.672. The molecule has 1 aromatic rings. The Balaban J connectivity index is 2.93. The normalized spacial score (nSPS) is 9.50. The summed E-state index contributed by atoms with van der Waals surface area (Å²) in [6, 6.07) is 2.97. The molecular formula is C7H6F2N2S. The van der Waals surface area contributed by atoms with Crippen molar-refractivity contribution in [3.05, 3.63) is 29.8 Å². The zero-order valence-electron chi connectivity index (χ0n) is 5.97. The highest BCUT2D eigenvalue weighted by molar-refractivity contribution is 7.80. The molecular weight excluding hydrogens is 182 g/mol. The van der Waals surface area contributed by atoms with Crippen LogP contribution in [-0.4, -0.2) is 5.11 Å². The fourth-order valence-electron chi connectivity index (χ4n) is 0.768. The topological polar surface area (TPSA) is 38.0 Å². The molecule has 2 nitrogen and oxygen atoms in total. The maximum Gasteiger partial charge on any atom is 0.168 e. The number of hydrogen-bond acceptors (Lipinski definition) is 1. The Morgan fingerprint density at radius 1 is 1.25 bits per heavy atom. The van der Waals surface area contributed by atoms with Crippen LogP contribution in [-0.2, 0) is 0 Å². The Kier molecular flexibility index (Phi) is 2.54. The zero-order chi connectivity index (χ0) is 9.14. The van der Waals surface area contributed by atoms with E-state index in [9.17, 15) is 8.78 Å². The van der Waals surface area contributed by atoms with Crippen molar-refractivity contribution in [3.63, 3.8) is 0 Å². The summed E-state index contributed by atoms with van der Waals surface area (Å²) in [5, 5.41) is 2.39. The Morgan fingerprint density at radius 2 is 1.75 bits per heavy atom. The molecule has 1 aromatic carbocycles. The van der Waals surface area contributed by atoms with Gasteiger partial charge in [-0.05, 0) is 24.4 Å². The standard InChI is InChI=1S/C7H6F2N2S/c8-4-1-5(9)3-6(2-4)11-7(10)12/h1-3H,(H3,10,11,12). The van der Waals surface area contributed by atoms with Gasteiger partial charge < -0.3 is 11.1 Å². The fourth-order valence-corrected chi connectivity index (χ4v) is 0.886. The fraction of sp³-hybridized carbons (Fsp3) is 0. The highest BCUT2D eigenvalue weighted by Crippen LogP contribution is 2.12. The maximum absolute atomic E-state index is 12.5. The second kappa shape index (κ2) is 3.44. The summed E-state index contributed by atoms with van der Waals surface area (Å²) in [4.78, 5) is 0. The minimum absolute atomic E-state index is 0.0278. The molecule has 0 spiro atoms. The molecule has 64 valence electrons. The lowest BCUT2D eigenvalue weighted by Crippen LogP contribution is -2.19. The average Bonchev–Trinajstić information content (AvgIpc) is 1.81. The number of rotatable bonds is 1. The maximum atomic E-state index is 12.5. The van der Waals surface area contributed by atoms with E-state index in [4.69, 9.17) is 5.73 Å². The number of halogens is 2. The van der Waals surface area contributed by atoms with E-state index in [1.54, 1.807) is 0 Å². The predicted octanol–water partition coefficient (Wildman–Crippen LogP) is 1.62. The summed E-state index contributed by atoms with van der Waals surface area (Å²) >= 11 is 4.49. The summed E-state index contributed by atoms with van der Waals surface area (Å²) in [5.41, 5.74) is 5.31. The van der Waals surface area contributed by atoms with Crippen molar-refractivity contribution >= 4 is 23.0 Å². The number of anilines is 1. The van der Waals surface area contributed by atoms with Gasteiger partial charge in [0.15, 0.2) is 5.11 Å². The largest absolute Gasteiger partial charge is 0.376 e. The van der Waals surface area contributed by atoms with Crippen LogP contribution in [0.3, 0.4) is 0 Å². The van der Waals surface area contributed by atoms with Crippen molar-refractivity contribution in [1.82, 2.24) is 0 Å². The smallest absolute Gasteiger partial charge is 0.168 e. The van der Waals surface area contributed by atoms with Gasteiger partial charge in [0.05, 0.1) is 0 Å². The molecule has 0 amide bonds. The van der Waals surface area contributed by atoms with E-state index < -0.39 is 11.6 Å². The monoisotopic (exact) mass is 188 g/mol. The van der Waals surface area contributed by atoms with Gasteiger partial charge in [-0.3, -0.25) is 0 Å². The van der Waals surface area contributed by atoms with Crippen molar-refractivity contribution in [2.24, 2.45) is 5.73 Å². The van der Waals surface area contributed by atoms with Crippen LogP contribution >= 0.6 is 12.2 Å². The van der Waals surface area contributed by atoms with Gasteiger partial charge in [0.1, 0.15) is 11.6 Å². The zero-order valence-corrected chi connectivity index (χ0v) is 6.79. The van der Waals surface area contributed by atoms with E-state index in [2.05, 4.69) is 17.5 Å². The average molecular weight is 188 g/mol. The van der Waals surface area contributed by atoms with Crippen LogP contribution in [0.15, 0.2) is 18.2 Å². The summed E-state index contributed by atoms with van der Waals surface area (Å²) in [6.07, 6.45) is 0. The van der Waals surface area contributed by atoms with Gasteiger partial charge in [0, 0.05) is 11.8 Å². The van der Waals surface area contributed by atoms with Crippen molar-refractivity contribution in [1.29, 1.82) is 0 Å². The molecule has 0 bridgehead atoms. The molecule has 3 N–H and O–H groups in total. The van der Waals surface area contributed by atoms with E-state index in [0.717, 1.165) is 18.2 Å². The number of benzene rings is 1. The lowest BCUT2D eigenvalue weighted by molar-refractivity contribution is 0.584. The van der Waals surface area contributed by atoms with Crippen LogP contribution in [0.2, 0.25) is 0 Å². The van der Waals surface area contributed by atoms with Gasteiger partial charge in [0.25, 0.3) is 0 Å². The van der Waals surface area contributed by atoms with E-state index in [0.29, 0.717) is 0 Å². The van der Waals surface area contributed by atoms with E-state index in [1.165, 1.54) is 0 Å². The van der Waals surface area contributed by atoms with Crippen molar-refractivity contribution in [2.45, 2.75) is 0 Å².